The summed E-state index contributed by atoms with van der Waals surface area (Å²) in [4.78, 5) is 12.7. The SMILES string of the molecule is Cc1c(C=NNc2cc(N(C)C)nc(N(C)C)n2)c(Cl)nn1-c1ccccc1. The lowest BCUT2D eigenvalue weighted by atomic mass is 10.2. The van der Waals surface area contributed by atoms with E-state index >= 15 is 0 Å². The summed E-state index contributed by atoms with van der Waals surface area (Å²) in [5.41, 5.74) is 5.54. The monoisotopic (exact) mass is 398 g/mol. The van der Waals surface area contributed by atoms with E-state index in [4.69, 9.17) is 11.6 Å². The quantitative estimate of drug-likeness (QED) is 0.507. The molecule has 0 aliphatic carbocycles. The Bertz CT molecular complexity index is 953. The molecule has 0 fully saturated rings. The predicted molar refractivity (Wildman–Crippen MR) is 115 cm³/mol. The van der Waals surface area contributed by atoms with Crippen LogP contribution in [0.3, 0.4) is 0 Å². The first kappa shape index (κ1) is 19.6. The van der Waals surface area contributed by atoms with Crippen LogP contribution in [0, 0.1) is 6.92 Å². The Morgan fingerprint density at radius 3 is 2.43 bits per heavy atom. The van der Waals surface area contributed by atoms with Gasteiger partial charge in [0.2, 0.25) is 5.95 Å². The molecule has 0 bridgehead atoms. The lowest BCUT2D eigenvalue weighted by molar-refractivity contribution is 0.847. The number of benzene rings is 1. The first-order chi connectivity index (χ1) is 13.4. The average molecular weight is 399 g/mol. The predicted octanol–water partition coefficient (Wildman–Crippen LogP) is 3.20. The van der Waals surface area contributed by atoms with E-state index in [0.29, 0.717) is 16.9 Å². The molecule has 0 spiro atoms. The van der Waals surface area contributed by atoms with Gasteiger partial charge in [0.05, 0.1) is 23.2 Å². The first-order valence-electron chi connectivity index (χ1n) is 8.70. The molecule has 0 aliphatic rings. The van der Waals surface area contributed by atoms with Gasteiger partial charge >= 0.3 is 0 Å². The largest absolute Gasteiger partial charge is 0.363 e. The van der Waals surface area contributed by atoms with Crippen LogP contribution in [-0.4, -0.2) is 54.2 Å². The Hall–Kier alpha value is -3.13. The van der Waals surface area contributed by atoms with E-state index in [2.05, 4.69) is 25.6 Å². The van der Waals surface area contributed by atoms with Crippen LogP contribution in [0.1, 0.15) is 11.3 Å². The van der Waals surface area contributed by atoms with Crippen molar-refractivity contribution in [3.05, 3.63) is 52.8 Å². The second-order valence-electron chi connectivity index (χ2n) is 6.61. The van der Waals surface area contributed by atoms with Crippen molar-refractivity contribution in [2.24, 2.45) is 5.10 Å². The maximum absolute atomic E-state index is 6.33. The zero-order valence-corrected chi connectivity index (χ0v) is 17.3. The van der Waals surface area contributed by atoms with Crippen LogP contribution in [-0.2, 0) is 0 Å². The average Bonchev–Trinajstić information content (AvgIpc) is 2.96. The summed E-state index contributed by atoms with van der Waals surface area (Å²) in [5.74, 6) is 1.96. The van der Waals surface area contributed by atoms with Crippen molar-refractivity contribution in [2.75, 3.05) is 43.4 Å². The summed E-state index contributed by atoms with van der Waals surface area (Å²) in [6, 6.07) is 11.6. The summed E-state index contributed by atoms with van der Waals surface area (Å²) < 4.78 is 1.79. The van der Waals surface area contributed by atoms with Gasteiger partial charge in [0.25, 0.3) is 0 Å². The van der Waals surface area contributed by atoms with Crippen molar-refractivity contribution < 1.29 is 0 Å². The Labute approximate surface area is 169 Å². The van der Waals surface area contributed by atoms with Gasteiger partial charge in [-0.3, -0.25) is 5.43 Å². The van der Waals surface area contributed by atoms with Crippen LogP contribution in [0.4, 0.5) is 17.6 Å². The minimum absolute atomic E-state index is 0.387. The topological polar surface area (TPSA) is 74.5 Å². The zero-order chi connectivity index (χ0) is 20.3. The standard InChI is InChI=1S/C19H23ClN8/c1-13-15(18(20)25-28(13)14-9-7-6-8-10-14)12-21-24-16-11-17(26(2)3)23-19(22-16)27(4)5/h6-12H,1-5H3,(H,22,23,24). The molecule has 0 saturated heterocycles. The molecular formula is C19H23ClN8. The lowest BCUT2D eigenvalue weighted by Crippen LogP contribution is -2.17. The summed E-state index contributed by atoms with van der Waals surface area (Å²) >= 11 is 6.33. The number of anilines is 3. The molecule has 28 heavy (non-hydrogen) atoms. The van der Waals surface area contributed by atoms with Crippen LogP contribution in [0.5, 0.6) is 0 Å². The molecule has 0 unspecified atom stereocenters. The van der Waals surface area contributed by atoms with Gasteiger partial charge in [0, 0.05) is 34.3 Å². The fourth-order valence-electron chi connectivity index (χ4n) is 2.52. The van der Waals surface area contributed by atoms with Crippen molar-refractivity contribution in [3.8, 4) is 5.69 Å². The number of nitrogens with zero attached hydrogens (tertiary/aromatic N) is 7. The normalized spacial score (nSPS) is 11.1. The molecule has 2 aromatic heterocycles. The van der Waals surface area contributed by atoms with Crippen molar-refractivity contribution >= 4 is 35.4 Å². The number of halogens is 1. The van der Waals surface area contributed by atoms with E-state index in [1.807, 2.05) is 81.3 Å². The smallest absolute Gasteiger partial charge is 0.228 e. The molecule has 2 heterocycles. The van der Waals surface area contributed by atoms with Gasteiger partial charge in [-0.2, -0.15) is 20.2 Å². The number of hydrazone groups is 1. The lowest BCUT2D eigenvalue weighted by Gasteiger charge is -2.16. The fraction of sp³-hybridized carbons (Fsp3) is 0.263. The van der Waals surface area contributed by atoms with Crippen molar-refractivity contribution in [1.82, 2.24) is 19.7 Å². The Balaban J connectivity index is 1.85. The van der Waals surface area contributed by atoms with E-state index in [9.17, 15) is 0 Å². The van der Waals surface area contributed by atoms with Crippen LogP contribution in [0.25, 0.3) is 5.69 Å². The number of aromatic nitrogens is 4. The second-order valence-corrected chi connectivity index (χ2v) is 6.97. The summed E-state index contributed by atoms with van der Waals surface area (Å²) in [5, 5.41) is 9.09. The third-order valence-electron chi connectivity index (χ3n) is 4.05. The Kier molecular flexibility index (Phi) is 5.79. The highest BCUT2D eigenvalue weighted by Gasteiger charge is 2.13. The number of nitrogens with one attached hydrogen (secondary N) is 1. The van der Waals surface area contributed by atoms with Gasteiger partial charge in [0.15, 0.2) is 11.0 Å². The number of hydrogen-bond donors (Lipinski definition) is 1. The molecule has 8 nitrogen and oxygen atoms in total. The van der Waals surface area contributed by atoms with Crippen LogP contribution < -0.4 is 15.2 Å². The highest BCUT2D eigenvalue weighted by atomic mass is 35.5. The van der Waals surface area contributed by atoms with Crippen molar-refractivity contribution in [2.45, 2.75) is 6.92 Å². The van der Waals surface area contributed by atoms with E-state index in [0.717, 1.165) is 22.8 Å². The second kappa shape index (κ2) is 8.26. The van der Waals surface area contributed by atoms with Gasteiger partial charge < -0.3 is 9.80 Å². The molecule has 3 aromatic rings. The number of hydrogen-bond acceptors (Lipinski definition) is 7. The number of rotatable bonds is 6. The van der Waals surface area contributed by atoms with Crippen LogP contribution >= 0.6 is 11.6 Å². The van der Waals surface area contributed by atoms with E-state index in [-0.39, 0.29) is 0 Å². The molecule has 146 valence electrons. The summed E-state index contributed by atoms with van der Waals surface area (Å²) in [6.45, 7) is 1.95. The highest BCUT2D eigenvalue weighted by Crippen LogP contribution is 2.21. The molecule has 1 aromatic carbocycles. The summed E-state index contributed by atoms with van der Waals surface area (Å²) in [6.07, 6.45) is 1.65. The highest BCUT2D eigenvalue weighted by molar-refractivity contribution is 6.32. The first-order valence-corrected chi connectivity index (χ1v) is 9.08. The third-order valence-corrected chi connectivity index (χ3v) is 4.33. The van der Waals surface area contributed by atoms with Crippen molar-refractivity contribution in [1.29, 1.82) is 0 Å². The minimum Gasteiger partial charge on any atom is -0.363 e. The van der Waals surface area contributed by atoms with Gasteiger partial charge in [-0.1, -0.05) is 29.8 Å². The molecular weight excluding hydrogens is 376 g/mol. The molecule has 9 heteroatoms. The maximum atomic E-state index is 6.33. The molecule has 1 N–H and O–H groups in total. The van der Waals surface area contributed by atoms with Crippen LogP contribution in [0.15, 0.2) is 41.5 Å². The van der Waals surface area contributed by atoms with Gasteiger partial charge in [-0.15, -0.1) is 0 Å². The minimum atomic E-state index is 0.387. The van der Waals surface area contributed by atoms with Crippen LogP contribution in [0.2, 0.25) is 5.15 Å². The molecule has 0 atom stereocenters. The van der Waals surface area contributed by atoms with Gasteiger partial charge in [-0.25, -0.2) is 4.68 Å². The molecule has 3 rings (SSSR count). The summed E-state index contributed by atoms with van der Waals surface area (Å²) in [7, 11) is 7.64. The Morgan fingerprint density at radius 1 is 1.07 bits per heavy atom. The Morgan fingerprint density at radius 2 is 1.79 bits per heavy atom. The molecule has 0 radical (unpaired) electrons. The van der Waals surface area contributed by atoms with Gasteiger partial charge in [-0.05, 0) is 19.1 Å². The van der Waals surface area contributed by atoms with Gasteiger partial charge in [0.1, 0.15) is 5.82 Å². The maximum Gasteiger partial charge on any atom is 0.228 e. The third kappa shape index (κ3) is 4.23. The van der Waals surface area contributed by atoms with E-state index in [1.165, 1.54) is 0 Å². The van der Waals surface area contributed by atoms with E-state index in [1.54, 1.807) is 10.9 Å². The fourth-order valence-corrected chi connectivity index (χ4v) is 2.78. The molecule has 0 saturated carbocycles. The molecule has 0 amide bonds. The molecule has 0 aliphatic heterocycles. The van der Waals surface area contributed by atoms with E-state index < -0.39 is 0 Å². The van der Waals surface area contributed by atoms with Crippen molar-refractivity contribution in [3.63, 3.8) is 0 Å². The zero-order valence-electron chi connectivity index (χ0n) is 16.5. The number of para-hydroxylation sites is 1.